The van der Waals surface area contributed by atoms with E-state index in [0.717, 1.165) is 58.5 Å². The smallest absolute Gasteiger partial charge is 0 e. The first-order valence-corrected chi connectivity index (χ1v) is 33.5. The van der Waals surface area contributed by atoms with Crippen LogP contribution in [0.1, 0.15) is 34.8 Å². The van der Waals surface area contributed by atoms with Crippen LogP contribution >= 0.6 is 121 Å². The Labute approximate surface area is 304 Å². The minimum atomic E-state index is 0. The zero-order valence-electron chi connectivity index (χ0n) is 19.8. The molecule has 0 amide bonds. The summed E-state index contributed by atoms with van der Waals surface area (Å²) in [6, 6.07) is 0. The van der Waals surface area contributed by atoms with Gasteiger partial charge >= 0.3 is 99.9 Å². The maximum absolute atomic E-state index is 10.9. The van der Waals surface area contributed by atoms with Crippen LogP contribution in [-0.4, -0.2) is 78.0 Å². The molecular weight excluding hydrogens is 1240 g/mol. The van der Waals surface area contributed by atoms with Crippen molar-refractivity contribution < 1.29 is 50.9 Å². The van der Waals surface area contributed by atoms with E-state index in [1.165, 1.54) is 15.6 Å². The Morgan fingerprint density at radius 3 is 2.03 bits per heavy atom. The quantitative estimate of drug-likeness (QED) is 0.319. The summed E-state index contributed by atoms with van der Waals surface area (Å²) in [5.41, 5.74) is 1.32. The Bertz CT molecular complexity index is 666. The molecule has 4 rings (SSSR count). The Kier molecular flexibility index (Phi) is 36.2. The van der Waals surface area contributed by atoms with Crippen molar-refractivity contribution in [1.29, 1.82) is 0 Å². The van der Waals surface area contributed by atoms with Gasteiger partial charge in [0.1, 0.15) is 11.6 Å². The number of carbonyl (C=O) groups is 2. The zero-order chi connectivity index (χ0) is 25.2. The third kappa shape index (κ3) is 23.8. The number of thiazole rings is 1. The van der Waals surface area contributed by atoms with E-state index in [1.807, 2.05) is 25.4 Å². The summed E-state index contributed by atoms with van der Waals surface area (Å²) in [6.45, 7) is 7.89. The largest absolute Gasteiger partial charge is 0 e. The number of hydrogen-bond acceptors (Lipinski definition) is 7. The van der Waals surface area contributed by atoms with E-state index < -0.39 is 0 Å². The first kappa shape index (κ1) is 44.1. The Balaban J connectivity index is -0.000000386. The molecule has 0 bridgehead atoms. The van der Waals surface area contributed by atoms with E-state index in [9.17, 15) is 9.59 Å². The number of aromatic nitrogens is 1. The predicted octanol–water partition coefficient (Wildman–Crippen LogP) is 3.15. The van der Waals surface area contributed by atoms with Gasteiger partial charge in [0.15, 0.2) is 0 Å². The van der Waals surface area contributed by atoms with Gasteiger partial charge in [-0.2, -0.15) is 0 Å². The van der Waals surface area contributed by atoms with Gasteiger partial charge in [-0.15, -0.1) is 28.3 Å². The third-order valence-corrected chi connectivity index (χ3v) is 6.63. The van der Waals surface area contributed by atoms with Crippen molar-refractivity contribution in [1.82, 2.24) is 20.1 Å². The molecular formula is C19H32Br2I5N4O2SV2-. The van der Waals surface area contributed by atoms with Crippen LogP contribution in [0.4, 0.5) is 0 Å². The van der Waals surface area contributed by atoms with Crippen LogP contribution in [0.15, 0.2) is 0 Å². The number of piperidine rings is 2. The second-order valence-corrected chi connectivity index (χ2v) is 37.9. The average molecular weight is 1280 g/mol. The van der Waals surface area contributed by atoms with Crippen LogP contribution < -0.4 is 18.6 Å². The van der Waals surface area contributed by atoms with E-state index in [2.05, 4.69) is 120 Å². The van der Waals surface area contributed by atoms with Gasteiger partial charge in [-0.05, 0) is 21.0 Å². The summed E-state index contributed by atoms with van der Waals surface area (Å²) in [5.74, 6) is 0.760. The number of nitrogens with zero attached hydrogens (tertiary/aromatic N) is 3. The number of nitrogens with one attached hydrogen (secondary N) is 1. The average Bonchev–Trinajstić information content (AvgIpc) is 3.15. The third-order valence-electron chi connectivity index (χ3n) is 4.82. The van der Waals surface area contributed by atoms with Crippen LogP contribution in [0, 0.1) is 6.92 Å². The number of halogens is 7. The maximum atomic E-state index is 10.9. The van der Waals surface area contributed by atoms with Crippen molar-refractivity contribution >= 4 is 133 Å². The SMILES string of the molecule is Br.CN1CCC(=O)C(Br)C1.CN1CCC(=O)CC1.Cc1nc2c(s1)CNCC2.I[I-]I.[I][V][I].[V]. The zero-order valence-corrected chi connectivity index (χ0v) is 37.5. The number of likely N-dealkylation sites (tertiary alicyclic amines) is 2. The van der Waals surface area contributed by atoms with Crippen LogP contribution in [0.3, 0.4) is 0 Å². The molecule has 0 aromatic carbocycles. The van der Waals surface area contributed by atoms with Crippen molar-refractivity contribution in [3.63, 3.8) is 0 Å². The maximum Gasteiger partial charge on any atom is 0 e. The van der Waals surface area contributed by atoms with Gasteiger partial charge < -0.3 is 15.1 Å². The number of Topliss-reactive ketones (excluding diaryl/α,β-unsaturated/α-hetero) is 2. The van der Waals surface area contributed by atoms with Gasteiger partial charge in [0.05, 0.1) is 15.5 Å². The number of carbonyl (C=O) groups excluding carboxylic acids is 2. The van der Waals surface area contributed by atoms with Crippen molar-refractivity contribution in [2.45, 2.75) is 44.0 Å². The number of alkyl halides is 1. The molecule has 2 fully saturated rings. The molecule has 35 heavy (non-hydrogen) atoms. The molecule has 6 nitrogen and oxygen atoms in total. The first-order valence-electron chi connectivity index (χ1n) is 10.2. The van der Waals surface area contributed by atoms with Gasteiger partial charge in [0.25, 0.3) is 0 Å². The monoisotopic (exact) mass is 1270 g/mol. The van der Waals surface area contributed by atoms with Crippen LogP contribution in [0.5, 0.6) is 0 Å². The summed E-state index contributed by atoms with van der Waals surface area (Å²) in [6.07, 6.45) is 3.33. The molecule has 206 valence electrons. The fourth-order valence-corrected chi connectivity index (χ4v) is 4.72. The first-order chi connectivity index (χ1) is 15.7. The topological polar surface area (TPSA) is 65.5 Å². The Morgan fingerprint density at radius 2 is 1.60 bits per heavy atom. The molecule has 0 aliphatic carbocycles. The van der Waals surface area contributed by atoms with Crippen molar-refractivity contribution in [2.75, 3.05) is 46.8 Å². The van der Waals surface area contributed by atoms with Crippen LogP contribution in [0.2, 0.25) is 0 Å². The van der Waals surface area contributed by atoms with Gasteiger partial charge in [0.2, 0.25) is 0 Å². The Hall–Kier alpha value is 4.63. The summed E-state index contributed by atoms with van der Waals surface area (Å²) in [5, 5.41) is 4.53. The number of fused-ring (bicyclic) bond motifs is 1. The molecule has 16 heteroatoms. The molecule has 1 unspecified atom stereocenters. The van der Waals surface area contributed by atoms with Gasteiger partial charge in [0, 0.05) is 88.4 Å². The molecule has 0 saturated carbocycles. The van der Waals surface area contributed by atoms with Crippen LogP contribution in [0.25, 0.3) is 0 Å². The van der Waals surface area contributed by atoms with Crippen LogP contribution in [-0.2, 0) is 50.6 Å². The molecule has 0 spiro atoms. The summed E-state index contributed by atoms with van der Waals surface area (Å²) < 4.78 is 0. The second kappa shape index (κ2) is 28.7. The molecule has 1 radical (unpaired) electrons. The van der Waals surface area contributed by atoms with E-state index >= 15 is 0 Å². The molecule has 1 aromatic rings. The van der Waals surface area contributed by atoms with Gasteiger partial charge in [-0.1, -0.05) is 15.9 Å². The summed E-state index contributed by atoms with van der Waals surface area (Å²) >= 11 is 15.2. The fraction of sp³-hybridized carbons (Fsp3) is 0.737. The van der Waals surface area contributed by atoms with E-state index in [4.69, 9.17) is 0 Å². The van der Waals surface area contributed by atoms with Gasteiger partial charge in [-0.3, -0.25) is 9.59 Å². The van der Waals surface area contributed by atoms with Gasteiger partial charge in [-0.25, -0.2) is 4.98 Å². The molecule has 2 saturated heterocycles. The summed E-state index contributed by atoms with van der Waals surface area (Å²) in [4.78, 5) is 31.7. The number of hydrogen-bond donors (Lipinski definition) is 1. The normalized spacial score (nSPS) is 19.3. The van der Waals surface area contributed by atoms with Crippen molar-refractivity contribution in [2.24, 2.45) is 0 Å². The molecule has 3 aliphatic heterocycles. The predicted molar refractivity (Wildman–Crippen MR) is 180 cm³/mol. The molecule has 1 N–H and O–H groups in total. The second-order valence-electron chi connectivity index (χ2n) is 7.44. The summed E-state index contributed by atoms with van der Waals surface area (Å²) in [7, 11) is 4.70. The Morgan fingerprint density at radius 1 is 1.09 bits per heavy atom. The minimum Gasteiger partial charge on any atom is 0 e. The number of aryl methyl sites for hydroxylation is 1. The van der Waals surface area contributed by atoms with Crippen molar-refractivity contribution in [3.8, 4) is 0 Å². The number of rotatable bonds is 0. The fourth-order valence-electron chi connectivity index (χ4n) is 3.05. The standard InChI is InChI=1S/C7H10N2S.C6H10BrNO.C6H11NO.BrH.I3.2HI.2V/c1-5-9-6-2-3-8-4-7(6)10-5;1-8-3-2-6(9)5(7)4-8;1-7-4-2-6(8)3-5-7;;1-3-2;;;;/h8H,2-4H2,1H3;5H,2-4H2,1H3;2-5H2,1H3;1H;;2*1H;;/q;;;;-1;;;;+2/p-2. The van der Waals surface area contributed by atoms with Crippen molar-refractivity contribution in [3.05, 3.63) is 15.6 Å². The molecule has 1 atom stereocenters. The molecule has 3 aliphatic rings. The minimum absolute atomic E-state index is 0. The van der Waals surface area contributed by atoms with E-state index in [-0.39, 0.29) is 40.4 Å². The van der Waals surface area contributed by atoms with E-state index in [1.54, 1.807) is 0 Å². The number of ketones is 2. The molecule has 4 heterocycles. The molecule has 1 aromatic heterocycles. The van der Waals surface area contributed by atoms with E-state index in [0.29, 0.717) is 40.7 Å².